The minimum Gasteiger partial charge on any atom is -0.546 e. The molecule has 2 aromatic rings. The summed E-state index contributed by atoms with van der Waals surface area (Å²) in [6.45, 7) is 3.24. The van der Waals surface area contributed by atoms with E-state index < -0.39 is 12.6 Å². The number of anilines is 1. The van der Waals surface area contributed by atoms with Crippen molar-refractivity contribution in [2.45, 2.75) is 0 Å². The number of ether oxygens (including phenoxy) is 1. The molecule has 3 rings (SSSR count). The lowest BCUT2D eigenvalue weighted by Crippen LogP contribution is -2.48. The van der Waals surface area contributed by atoms with Crippen molar-refractivity contribution < 1.29 is 19.4 Å². The van der Waals surface area contributed by atoms with E-state index in [4.69, 9.17) is 4.74 Å². The second-order valence-corrected chi connectivity index (χ2v) is 6.08. The molecule has 1 aromatic heterocycles. The van der Waals surface area contributed by atoms with Crippen LogP contribution in [0.1, 0.15) is 10.4 Å². The van der Waals surface area contributed by atoms with Gasteiger partial charge in [0.25, 0.3) is 0 Å². The van der Waals surface area contributed by atoms with Gasteiger partial charge in [0.1, 0.15) is 12.4 Å². The summed E-state index contributed by atoms with van der Waals surface area (Å²) in [7, 11) is 0. The Bertz CT molecular complexity index is 741. The number of benzene rings is 1. The highest BCUT2D eigenvalue weighted by molar-refractivity contribution is 5.97. The second kappa shape index (κ2) is 8.44. The number of carboxylic acid groups (broad SMARTS) is 1. The van der Waals surface area contributed by atoms with Gasteiger partial charge in [0.2, 0.25) is 0 Å². The van der Waals surface area contributed by atoms with Crippen LogP contribution >= 0.6 is 0 Å². The zero-order chi connectivity index (χ0) is 18.4. The first-order valence-corrected chi connectivity index (χ1v) is 8.45. The van der Waals surface area contributed by atoms with Gasteiger partial charge in [-0.15, -0.1) is 0 Å². The molecule has 1 aliphatic rings. The van der Waals surface area contributed by atoms with Gasteiger partial charge in [-0.2, -0.15) is 0 Å². The van der Waals surface area contributed by atoms with E-state index in [0.717, 1.165) is 31.9 Å². The number of aliphatic carboxylic acids is 1. The summed E-state index contributed by atoms with van der Waals surface area (Å²) in [4.78, 5) is 31.3. The van der Waals surface area contributed by atoms with Gasteiger partial charge >= 0.3 is 0 Å². The molecular weight excluding hydrogens is 334 g/mol. The van der Waals surface area contributed by atoms with Crippen LogP contribution in [-0.4, -0.2) is 61.0 Å². The van der Waals surface area contributed by atoms with Crippen molar-refractivity contribution >= 4 is 17.4 Å². The minimum atomic E-state index is -1.28. The number of hydrogen-bond acceptors (Lipinski definition) is 7. The first-order valence-electron chi connectivity index (χ1n) is 8.45. The highest BCUT2D eigenvalue weighted by Crippen LogP contribution is 2.16. The predicted molar refractivity (Wildman–Crippen MR) is 94.2 cm³/mol. The van der Waals surface area contributed by atoms with Crippen LogP contribution in [0.2, 0.25) is 0 Å². The molecular formula is C19H20N3O4-. The SMILES string of the molecule is O=C([O-])COc1ccc(C(=O)CN2CCN(c3ccncc3)CC2)cc1. The molecule has 0 unspecified atom stereocenters. The largest absolute Gasteiger partial charge is 0.546 e. The van der Waals surface area contributed by atoms with E-state index in [1.54, 1.807) is 36.7 Å². The number of Topliss-reactive ketones (excluding diaryl/α,β-unsaturated/α-hetero) is 1. The Labute approximate surface area is 151 Å². The monoisotopic (exact) mass is 354 g/mol. The molecule has 136 valence electrons. The Morgan fingerprint density at radius 3 is 2.27 bits per heavy atom. The van der Waals surface area contributed by atoms with Gasteiger partial charge in [0, 0.05) is 49.8 Å². The summed E-state index contributed by atoms with van der Waals surface area (Å²) in [5.74, 6) is -0.846. The van der Waals surface area contributed by atoms with Gasteiger partial charge < -0.3 is 19.5 Å². The van der Waals surface area contributed by atoms with Crippen molar-refractivity contribution in [3.05, 3.63) is 54.4 Å². The van der Waals surface area contributed by atoms with Crippen LogP contribution in [0.3, 0.4) is 0 Å². The van der Waals surface area contributed by atoms with Crippen molar-refractivity contribution in [2.75, 3.05) is 44.2 Å². The number of aromatic nitrogens is 1. The molecule has 1 saturated heterocycles. The van der Waals surface area contributed by atoms with E-state index in [-0.39, 0.29) is 5.78 Å². The maximum atomic E-state index is 12.4. The fraction of sp³-hybridized carbons (Fsp3) is 0.316. The van der Waals surface area contributed by atoms with E-state index in [1.165, 1.54) is 0 Å². The summed E-state index contributed by atoms with van der Waals surface area (Å²) >= 11 is 0. The third-order valence-corrected chi connectivity index (χ3v) is 4.30. The quantitative estimate of drug-likeness (QED) is 0.657. The van der Waals surface area contributed by atoms with Crippen LogP contribution in [0.5, 0.6) is 5.75 Å². The molecule has 7 heteroatoms. The Kier molecular flexibility index (Phi) is 5.80. The summed E-state index contributed by atoms with van der Waals surface area (Å²) < 4.78 is 5.01. The highest BCUT2D eigenvalue weighted by atomic mass is 16.5. The number of pyridine rings is 1. The normalized spacial score (nSPS) is 14.8. The number of piperazine rings is 1. The number of hydrogen-bond donors (Lipinski definition) is 0. The van der Waals surface area contributed by atoms with Gasteiger partial charge in [-0.25, -0.2) is 0 Å². The lowest BCUT2D eigenvalue weighted by atomic mass is 10.1. The predicted octanol–water partition coefficient (Wildman–Crippen LogP) is 0.215. The van der Waals surface area contributed by atoms with Crippen LogP contribution < -0.4 is 14.7 Å². The first-order chi connectivity index (χ1) is 12.6. The van der Waals surface area contributed by atoms with E-state index in [1.807, 2.05) is 12.1 Å². The maximum absolute atomic E-state index is 12.4. The lowest BCUT2D eigenvalue weighted by Gasteiger charge is -2.35. The Morgan fingerprint density at radius 1 is 1.00 bits per heavy atom. The Hall–Kier alpha value is -2.93. The number of carbonyl (C=O) groups excluding carboxylic acids is 2. The molecule has 26 heavy (non-hydrogen) atoms. The number of carbonyl (C=O) groups is 2. The smallest absolute Gasteiger partial charge is 0.176 e. The number of nitrogens with zero attached hydrogens (tertiary/aromatic N) is 3. The molecule has 0 amide bonds. The third-order valence-electron chi connectivity index (χ3n) is 4.30. The summed E-state index contributed by atoms with van der Waals surface area (Å²) in [6.07, 6.45) is 3.57. The fourth-order valence-electron chi connectivity index (χ4n) is 2.89. The molecule has 0 spiro atoms. The van der Waals surface area contributed by atoms with Crippen LogP contribution in [0.15, 0.2) is 48.8 Å². The summed E-state index contributed by atoms with van der Waals surface area (Å²) in [5.41, 5.74) is 1.74. The van der Waals surface area contributed by atoms with Gasteiger partial charge in [0.15, 0.2) is 5.78 Å². The van der Waals surface area contributed by atoms with Gasteiger partial charge in [-0.05, 0) is 36.4 Å². The van der Waals surface area contributed by atoms with Crippen molar-refractivity contribution in [1.29, 1.82) is 0 Å². The Morgan fingerprint density at radius 2 is 1.65 bits per heavy atom. The average molecular weight is 354 g/mol. The maximum Gasteiger partial charge on any atom is 0.176 e. The molecule has 0 atom stereocenters. The highest BCUT2D eigenvalue weighted by Gasteiger charge is 2.19. The summed E-state index contributed by atoms with van der Waals surface area (Å²) in [6, 6.07) is 10.5. The number of carboxylic acids is 1. The van der Waals surface area contributed by atoms with Gasteiger partial charge in [0.05, 0.1) is 12.5 Å². The van der Waals surface area contributed by atoms with Crippen molar-refractivity contribution in [3.8, 4) is 5.75 Å². The van der Waals surface area contributed by atoms with Crippen molar-refractivity contribution in [3.63, 3.8) is 0 Å². The van der Waals surface area contributed by atoms with Gasteiger partial charge in [-0.3, -0.25) is 14.7 Å². The molecule has 0 bridgehead atoms. The molecule has 2 heterocycles. The topological polar surface area (TPSA) is 85.8 Å². The van der Waals surface area contributed by atoms with Crippen LogP contribution in [0, 0.1) is 0 Å². The molecule has 0 N–H and O–H groups in total. The Balaban J connectivity index is 1.49. The molecule has 0 aliphatic carbocycles. The van der Waals surface area contributed by atoms with E-state index in [9.17, 15) is 14.7 Å². The first kappa shape index (κ1) is 17.9. The fourth-order valence-corrected chi connectivity index (χ4v) is 2.89. The molecule has 7 nitrogen and oxygen atoms in total. The molecule has 1 aliphatic heterocycles. The standard InChI is InChI=1S/C19H21N3O4/c23-18(15-1-3-17(4-2-15)26-14-19(24)25)13-21-9-11-22(12-10-21)16-5-7-20-8-6-16/h1-8H,9-14H2,(H,24,25)/p-1. The number of ketones is 1. The molecule has 1 aromatic carbocycles. The second-order valence-electron chi connectivity index (χ2n) is 6.08. The summed E-state index contributed by atoms with van der Waals surface area (Å²) in [5, 5.41) is 10.4. The van der Waals surface area contributed by atoms with Crippen molar-refractivity contribution in [1.82, 2.24) is 9.88 Å². The lowest BCUT2D eigenvalue weighted by molar-refractivity contribution is -0.307. The van der Waals surface area contributed by atoms with Gasteiger partial charge in [-0.1, -0.05) is 0 Å². The van der Waals surface area contributed by atoms with Crippen molar-refractivity contribution in [2.24, 2.45) is 0 Å². The van der Waals surface area contributed by atoms with E-state index >= 15 is 0 Å². The molecule has 0 saturated carbocycles. The zero-order valence-corrected chi connectivity index (χ0v) is 14.3. The van der Waals surface area contributed by atoms with E-state index in [0.29, 0.717) is 17.9 Å². The van der Waals surface area contributed by atoms with E-state index in [2.05, 4.69) is 14.8 Å². The minimum absolute atomic E-state index is 0.0359. The average Bonchev–Trinajstić information content (AvgIpc) is 2.68. The molecule has 1 fully saturated rings. The van der Waals surface area contributed by atoms with Crippen LogP contribution in [0.25, 0.3) is 0 Å². The number of rotatable bonds is 7. The van der Waals surface area contributed by atoms with Crippen LogP contribution in [0.4, 0.5) is 5.69 Å². The third kappa shape index (κ3) is 4.80. The zero-order valence-electron chi connectivity index (χ0n) is 14.3. The molecule has 0 radical (unpaired) electrons. The van der Waals surface area contributed by atoms with Crippen LogP contribution in [-0.2, 0) is 4.79 Å².